The van der Waals surface area contributed by atoms with E-state index in [9.17, 15) is 4.79 Å². The van der Waals surface area contributed by atoms with Crippen LogP contribution in [0.3, 0.4) is 0 Å². The average molecular weight is 338 g/mol. The quantitative estimate of drug-likeness (QED) is 0.656. The van der Waals surface area contributed by atoms with Gasteiger partial charge in [0.1, 0.15) is 0 Å². The summed E-state index contributed by atoms with van der Waals surface area (Å²) in [5, 5.41) is 2.86. The predicted octanol–water partition coefficient (Wildman–Crippen LogP) is 5.22. The average Bonchev–Trinajstić information content (AvgIpc) is 3.23. The lowest BCUT2D eigenvalue weighted by molar-refractivity contribution is 0.265. The molecule has 1 fully saturated rings. The number of benzene rings is 2. The smallest absolute Gasteiger partial charge is 0.270 e. The van der Waals surface area contributed by atoms with Gasteiger partial charge in [-0.05, 0) is 5.56 Å². The zero-order valence-corrected chi connectivity index (χ0v) is 13.9. The summed E-state index contributed by atoms with van der Waals surface area (Å²) >= 11 is 2.89. The zero-order valence-electron chi connectivity index (χ0n) is 12.3. The second-order valence-corrected chi connectivity index (χ2v) is 7.06. The highest BCUT2D eigenvalue weighted by atomic mass is 32.2. The maximum atomic E-state index is 12.4. The highest BCUT2D eigenvalue weighted by Gasteiger charge is 2.35. The van der Waals surface area contributed by atoms with E-state index in [1.165, 1.54) is 23.1 Å². The first-order chi connectivity index (χ1) is 11.3. The van der Waals surface area contributed by atoms with Crippen LogP contribution in [0.2, 0.25) is 0 Å². The lowest BCUT2D eigenvalue weighted by Crippen LogP contribution is -2.26. The molecule has 5 heteroatoms. The van der Waals surface area contributed by atoms with Crippen LogP contribution < -0.4 is 4.90 Å². The molecule has 0 radical (unpaired) electrons. The fourth-order valence-corrected chi connectivity index (χ4v) is 4.60. The molecule has 0 spiro atoms. The molecule has 2 aromatic carbocycles. The Morgan fingerprint density at radius 3 is 2.43 bits per heavy atom. The minimum atomic E-state index is 0.0588. The number of carbonyl (C=O) groups excluding carboxylic acids is 1. The van der Waals surface area contributed by atoms with Gasteiger partial charge in [0.05, 0.1) is 11.7 Å². The van der Waals surface area contributed by atoms with Gasteiger partial charge in [-0.2, -0.15) is 0 Å². The first kappa shape index (κ1) is 14.5. The van der Waals surface area contributed by atoms with Crippen LogP contribution in [0, 0.1) is 0 Å². The van der Waals surface area contributed by atoms with Gasteiger partial charge in [0.25, 0.3) is 5.24 Å². The third-order valence-corrected chi connectivity index (χ3v) is 5.59. The largest absolute Gasteiger partial charge is 0.288 e. The SMILES string of the molecule is O=C1SCC(c2ccccc2)N1c1nc(-c2ccccc2)cs1. The van der Waals surface area contributed by atoms with E-state index in [1.807, 2.05) is 58.8 Å². The molecule has 1 saturated heterocycles. The van der Waals surface area contributed by atoms with E-state index >= 15 is 0 Å². The van der Waals surface area contributed by atoms with Gasteiger partial charge in [0.15, 0.2) is 5.13 Å². The molecule has 0 aliphatic carbocycles. The molecule has 1 unspecified atom stereocenters. The molecule has 23 heavy (non-hydrogen) atoms. The zero-order chi connectivity index (χ0) is 15.6. The molecule has 1 amide bonds. The molecule has 1 aliphatic rings. The van der Waals surface area contributed by atoms with Crippen molar-refractivity contribution in [2.75, 3.05) is 10.7 Å². The molecule has 0 bridgehead atoms. The molecule has 0 saturated carbocycles. The number of anilines is 1. The van der Waals surface area contributed by atoms with E-state index in [0.29, 0.717) is 0 Å². The number of thiazole rings is 1. The summed E-state index contributed by atoms with van der Waals surface area (Å²) in [4.78, 5) is 18.9. The third kappa shape index (κ3) is 2.78. The molecular formula is C18H14N2OS2. The standard InChI is InChI=1S/C18H14N2OS2/c21-18-20(16(12-23-18)14-9-5-2-6-10-14)17-19-15(11-22-17)13-7-3-1-4-8-13/h1-11,16H,12H2. The molecule has 1 atom stereocenters. The lowest BCUT2D eigenvalue weighted by atomic mass is 10.1. The number of nitrogens with zero attached hydrogens (tertiary/aromatic N) is 2. The second kappa shape index (κ2) is 6.18. The monoisotopic (exact) mass is 338 g/mol. The summed E-state index contributed by atoms with van der Waals surface area (Å²) in [6, 6.07) is 20.3. The first-order valence-corrected chi connectivity index (χ1v) is 9.21. The van der Waals surface area contributed by atoms with E-state index in [-0.39, 0.29) is 11.3 Å². The Bertz CT molecular complexity index is 817. The maximum absolute atomic E-state index is 12.4. The summed E-state index contributed by atoms with van der Waals surface area (Å²) in [5.41, 5.74) is 3.15. The Morgan fingerprint density at radius 2 is 1.70 bits per heavy atom. The second-order valence-electron chi connectivity index (χ2n) is 5.25. The minimum Gasteiger partial charge on any atom is -0.270 e. The van der Waals surface area contributed by atoms with E-state index in [1.54, 1.807) is 0 Å². The summed E-state index contributed by atoms with van der Waals surface area (Å²) in [5.74, 6) is 0.767. The van der Waals surface area contributed by atoms with Gasteiger partial charge in [0, 0.05) is 16.7 Å². The van der Waals surface area contributed by atoms with Crippen molar-refractivity contribution in [3.63, 3.8) is 0 Å². The van der Waals surface area contributed by atoms with Crippen molar-refractivity contribution >= 4 is 33.5 Å². The van der Waals surface area contributed by atoms with Gasteiger partial charge < -0.3 is 0 Å². The number of hydrogen-bond donors (Lipinski definition) is 0. The van der Waals surface area contributed by atoms with Crippen molar-refractivity contribution in [1.29, 1.82) is 0 Å². The Hall–Kier alpha value is -2.11. The van der Waals surface area contributed by atoms with Crippen LogP contribution in [0.4, 0.5) is 9.93 Å². The van der Waals surface area contributed by atoms with Gasteiger partial charge in [-0.25, -0.2) is 4.98 Å². The van der Waals surface area contributed by atoms with Crippen LogP contribution in [0.25, 0.3) is 11.3 Å². The summed E-state index contributed by atoms with van der Waals surface area (Å²) in [7, 11) is 0. The predicted molar refractivity (Wildman–Crippen MR) is 97.1 cm³/mol. The summed E-state index contributed by atoms with van der Waals surface area (Å²) < 4.78 is 0. The van der Waals surface area contributed by atoms with E-state index in [4.69, 9.17) is 4.98 Å². The molecular weight excluding hydrogens is 324 g/mol. The highest BCUT2D eigenvalue weighted by molar-refractivity contribution is 8.14. The van der Waals surface area contributed by atoms with Crippen molar-refractivity contribution in [2.45, 2.75) is 6.04 Å². The Labute approximate surface area is 143 Å². The highest BCUT2D eigenvalue weighted by Crippen LogP contribution is 2.41. The third-order valence-electron chi connectivity index (χ3n) is 3.83. The molecule has 3 nitrogen and oxygen atoms in total. The Morgan fingerprint density at radius 1 is 1.00 bits per heavy atom. The summed E-state index contributed by atoms with van der Waals surface area (Å²) in [6.07, 6.45) is 0. The Balaban J connectivity index is 1.68. The van der Waals surface area contributed by atoms with Crippen molar-refractivity contribution in [2.24, 2.45) is 0 Å². The fraction of sp³-hybridized carbons (Fsp3) is 0.111. The molecule has 3 aromatic rings. The number of amides is 1. The van der Waals surface area contributed by atoms with E-state index < -0.39 is 0 Å². The van der Waals surface area contributed by atoms with Gasteiger partial charge >= 0.3 is 0 Å². The number of carbonyl (C=O) groups is 1. The molecule has 0 N–H and O–H groups in total. The topological polar surface area (TPSA) is 33.2 Å². The van der Waals surface area contributed by atoms with Crippen molar-refractivity contribution < 1.29 is 4.79 Å². The molecule has 114 valence electrons. The van der Waals surface area contributed by atoms with Gasteiger partial charge in [-0.15, -0.1) is 11.3 Å². The Kier molecular flexibility index (Phi) is 3.89. The number of thioether (sulfide) groups is 1. The first-order valence-electron chi connectivity index (χ1n) is 7.35. The van der Waals surface area contributed by atoms with Gasteiger partial charge in [-0.3, -0.25) is 9.69 Å². The maximum Gasteiger partial charge on any atom is 0.288 e. The molecule has 1 aliphatic heterocycles. The molecule has 4 rings (SSSR count). The fourth-order valence-electron chi connectivity index (χ4n) is 2.67. The van der Waals surface area contributed by atoms with Crippen LogP contribution in [0.15, 0.2) is 66.0 Å². The van der Waals surface area contributed by atoms with Gasteiger partial charge in [-0.1, -0.05) is 72.4 Å². The van der Waals surface area contributed by atoms with Crippen molar-refractivity contribution in [3.8, 4) is 11.3 Å². The van der Waals surface area contributed by atoms with Crippen molar-refractivity contribution in [3.05, 3.63) is 71.6 Å². The van der Waals surface area contributed by atoms with Gasteiger partial charge in [0.2, 0.25) is 0 Å². The van der Waals surface area contributed by atoms with E-state index in [2.05, 4.69) is 12.1 Å². The van der Waals surface area contributed by atoms with Crippen LogP contribution in [0.5, 0.6) is 0 Å². The number of rotatable bonds is 3. The van der Waals surface area contributed by atoms with Crippen LogP contribution >= 0.6 is 23.1 Å². The summed E-state index contributed by atoms with van der Waals surface area (Å²) in [6.45, 7) is 0. The van der Waals surface area contributed by atoms with Crippen molar-refractivity contribution in [1.82, 2.24) is 4.98 Å². The lowest BCUT2D eigenvalue weighted by Gasteiger charge is -2.21. The van der Waals surface area contributed by atoms with Crippen LogP contribution in [-0.4, -0.2) is 16.0 Å². The van der Waals surface area contributed by atoms with Crippen LogP contribution in [-0.2, 0) is 0 Å². The number of hydrogen-bond acceptors (Lipinski definition) is 4. The van der Waals surface area contributed by atoms with Crippen LogP contribution in [0.1, 0.15) is 11.6 Å². The normalized spacial score (nSPS) is 17.7. The number of aromatic nitrogens is 1. The van der Waals surface area contributed by atoms with E-state index in [0.717, 1.165) is 27.7 Å². The molecule has 1 aromatic heterocycles. The minimum absolute atomic E-state index is 0.0588. The molecule has 2 heterocycles.